The molecule has 0 radical (unpaired) electrons. The number of carbonyl (C=O) groups is 1. The second-order valence-corrected chi connectivity index (χ2v) is 4.35. The van der Waals surface area contributed by atoms with Gasteiger partial charge in [0.15, 0.2) is 0 Å². The summed E-state index contributed by atoms with van der Waals surface area (Å²) in [6.45, 7) is 3.51. The van der Waals surface area contributed by atoms with Crippen LogP contribution in [0.2, 0.25) is 0 Å². The minimum atomic E-state index is -0.276. The van der Waals surface area contributed by atoms with E-state index in [0.29, 0.717) is 5.56 Å². The zero-order chi connectivity index (χ0) is 11.7. The molecule has 3 rings (SSSR count). The molecule has 0 saturated carbocycles. The molecule has 0 atom stereocenters. The summed E-state index contributed by atoms with van der Waals surface area (Å²) in [5.74, 6) is -0.276. The fourth-order valence-corrected chi connectivity index (χ4v) is 1.91. The van der Waals surface area contributed by atoms with Crippen LogP contribution in [0.5, 0.6) is 0 Å². The van der Waals surface area contributed by atoms with Crippen LogP contribution in [0.25, 0.3) is 0 Å². The van der Waals surface area contributed by atoms with E-state index < -0.39 is 0 Å². The minimum Gasteiger partial charge on any atom is -0.363 e. The highest BCUT2D eigenvalue weighted by Gasteiger charge is 2.28. The largest absolute Gasteiger partial charge is 0.363 e. The summed E-state index contributed by atoms with van der Waals surface area (Å²) < 4.78 is 0. The van der Waals surface area contributed by atoms with Crippen LogP contribution in [0, 0.1) is 0 Å². The Labute approximate surface area is 99.8 Å². The quantitative estimate of drug-likeness (QED) is 0.769. The van der Waals surface area contributed by atoms with Crippen molar-refractivity contribution in [3.05, 3.63) is 47.0 Å². The smallest absolute Gasteiger partial charge is 0.357 e. The molecule has 0 spiro atoms. The molecular weight excluding hydrogens is 216 g/mol. The summed E-state index contributed by atoms with van der Waals surface area (Å²) in [7, 11) is 0. The average Bonchev–Trinajstić information content (AvgIpc) is 2.24. The number of hydrogen-bond donors (Lipinski definition) is 1. The fraction of sp³-hybridized carbons (Fsp3) is 0.308. The highest BCUT2D eigenvalue weighted by atomic mass is 16.7. The van der Waals surface area contributed by atoms with Gasteiger partial charge in [0.25, 0.3) is 0 Å². The Morgan fingerprint density at radius 3 is 2.41 bits per heavy atom. The van der Waals surface area contributed by atoms with Gasteiger partial charge in [-0.3, -0.25) is 0 Å². The van der Waals surface area contributed by atoms with Crippen molar-refractivity contribution < 1.29 is 9.63 Å². The van der Waals surface area contributed by atoms with Gasteiger partial charge in [0.1, 0.15) is 0 Å². The minimum absolute atomic E-state index is 0.276. The Morgan fingerprint density at radius 2 is 1.82 bits per heavy atom. The monoisotopic (exact) mass is 230 g/mol. The molecule has 17 heavy (non-hydrogen) atoms. The number of nitrogens with one attached hydrogen (secondary N) is 1. The fourth-order valence-electron chi connectivity index (χ4n) is 1.91. The van der Waals surface area contributed by atoms with Crippen molar-refractivity contribution in [1.29, 1.82) is 0 Å². The van der Waals surface area contributed by atoms with Crippen LogP contribution in [0.15, 0.2) is 41.5 Å². The number of hydroxylamine groups is 2. The van der Waals surface area contributed by atoms with Crippen molar-refractivity contribution in [2.24, 2.45) is 0 Å². The second-order valence-electron chi connectivity index (χ2n) is 4.35. The number of hydrogen-bond acceptors (Lipinski definition) is 4. The molecule has 0 amide bonds. The first-order valence-electron chi connectivity index (χ1n) is 5.76. The van der Waals surface area contributed by atoms with E-state index in [1.54, 1.807) is 17.2 Å². The standard InChI is InChI=1S/C13H14N2O2/c16-13(10-4-2-1-3-5-10)17-15-8-12(9-15)11-6-14-7-11/h1-5,14H,6-9H2. The van der Waals surface area contributed by atoms with E-state index in [2.05, 4.69) is 5.32 Å². The van der Waals surface area contributed by atoms with Crippen molar-refractivity contribution in [1.82, 2.24) is 10.4 Å². The molecule has 4 nitrogen and oxygen atoms in total. The van der Waals surface area contributed by atoms with Gasteiger partial charge in [0, 0.05) is 13.1 Å². The number of carbonyl (C=O) groups excluding carboxylic acids is 1. The van der Waals surface area contributed by atoms with Gasteiger partial charge in [-0.1, -0.05) is 18.2 Å². The van der Waals surface area contributed by atoms with E-state index in [4.69, 9.17) is 4.84 Å². The first-order valence-corrected chi connectivity index (χ1v) is 5.76. The molecule has 2 aliphatic heterocycles. The van der Waals surface area contributed by atoms with E-state index in [1.807, 2.05) is 18.2 Å². The summed E-state index contributed by atoms with van der Waals surface area (Å²) in [4.78, 5) is 17.0. The molecular formula is C13H14N2O2. The third kappa shape index (κ3) is 2.09. The lowest BCUT2D eigenvalue weighted by atomic mass is 9.99. The molecule has 0 unspecified atom stereocenters. The Hall–Kier alpha value is -1.65. The van der Waals surface area contributed by atoms with E-state index in [9.17, 15) is 4.79 Å². The van der Waals surface area contributed by atoms with E-state index in [1.165, 1.54) is 11.1 Å². The average molecular weight is 230 g/mol. The summed E-state index contributed by atoms with van der Waals surface area (Å²) in [6.07, 6.45) is 0. The lowest BCUT2D eigenvalue weighted by Gasteiger charge is -2.36. The molecule has 2 fully saturated rings. The summed E-state index contributed by atoms with van der Waals surface area (Å²) in [5, 5.41) is 4.91. The SMILES string of the molecule is O=C(ON1CC(=C2CNC2)C1)c1ccccc1. The molecule has 1 N–H and O–H groups in total. The Bertz CT molecular complexity index is 454. The summed E-state index contributed by atoms with van der Waals surface area (Å²) >= 11 is 0. The third-order valence-electron chi connectivity index (χ3n) is 3.13. The molecule has 2 aliphatic rings. The topological polar surface area (TPSA) is 41.6 Å². The number of benzene rings is 1. The molecule has 0 aliphatic carbocycles. The first kappa shape index (κ1) is 10.5. The number of nitrogens with zero attached hydrogens (tertiary/aromatic N) is 1. The Kier molecular flexibility index (Phi) is 2.66. The Morgan fingerprint density at radius 1 is 1.12 bits per heavy atom. The lowest BCUT2D eigenvalue weighted by Crippen LogP contribution is -2.46. The maximum Gasteiger partial charge on any atom is 0.357 e. The van der Waals surface area contributed by atoms with Crippen molar-refractivity contribution in [2.45, 2.75) is 0 Å². The molecule has 1 aromatic rings. The van der Waals surface area contributed by atoms with Gasteiger partial charge in [0.2, 0.25) is 0 Å². The van der Waals surface area contributed by atoms with Gasteiger partial charge < -0.3 is 10.2 Å². The predicted molar refractivity (Wildman–Crippen MR) is 63.3 cm³/mol. The van der Waals surface area contributed by atoms with Crippen LogP contribution < -0.4 is 5.32 Å². The molecule has 0 aromatic heterocycles. The zero-order valence-electron chi connectivity index (χ0n) is 9.48. The zero-order valence-corrected chi connectivity index (χ0v) is 9.48. The molecule has 1 aromatic carbocycles. The van der Waals surface area contributed by atoms with Crippen LogP contribution in [0.4, 0.5) is 0 Å². The Balaban J connectivity index is 1.54. The first-order chi connectivity index (χ1) is 8.33. The van der Waals surface area contributed by atoms with E-state index in [0.717, 1.165) is 26.2 Å². The van der Waals surface area contributed by atoms with Gasteiger partial charge in [0.05, 0.1) is 18.7 Å². The number of rotatable bonds is 2. The van der Waals surface area contributed by atoms with Crippen LogP contribution >= 0.6 is 0 Å². The van der Waals surface area contributed by atoms with Crippen molar-refractivity contribution in [3.63, 3.8) is 0 Å². The molecule has 0 bridgehead atoms. The molecule has 88 valence electrons. The summed E-state index contributed by atoms with van der Waals surface area (Å²) in [5.41, 5.74) is 3.47. The van der Waals surface area contributed by atoms with Crippen LogP contribution in [-0.4, -0.2) is 37.2 Å². The highest BCUT2D eigenvalue weighted by Crippen LogP contribution is 2.21. The third-order valence-corrected chi connectivity index (χ3v) is 3.13. The highest BCUT2D eigenvalue weighted by molar-refractivity contribution is 5.89. The molecule has 2 heterocycles. The van der Waals surface area contributed by atoms with Crippen LogP contribution in [-0.2, 0) is 4.84 Å². The van der Waals surface area contributed by atoms with Gasteiger partial charge in [-0.05, 0) is 23.3 Å². The predicted octanol–water partition coefficient (Wildman–Crippen LogP) is 0.974. The van der Waals surface area contributed by atoms with Crippen molar-refractivity contribution in [2.75, 3.05) is 26.2 Å². The van der Waals surface area contributed by atoms with Gasteiger partial charge in [-0.25, -0.2) is 4.79 Å². The van der Waals surface area contributed by atoms with Crippen LogP contribution in [0.1, 0.15) is 10.4 Å². The van der Waals surface area contributed by atoms with E-state index in [-0.39, 0.29) is 5.97 Å². The van der Waals surface area contributed by atoms with Crippen molar-refractivity contribution >= 4 is 5.97 Å². The lowest BCUT2D eigenvalue weighted by molar-refractivity contribution is -0.124. The van der Waals surface area contributed by atoms with Crippen molar-refractivity contribution in [3.8, 4) is 0 Å². The van der Waals surface area contributed by atoms with Gasteiger partial charge in [-0.15, -0.1) is 5.06 Å². The normalized spacial score (nSPS) is 19.5. The van der Waals surface area contributed by atoms with E-state index >= 15 is 0 Å². The van der Waals surface area contributed by atoms with Gasteiger partial charge in [-0.2, -0.15) is 0 Å². The van der Waals surface area contributed by atoms with Crippen LogP contribution in [0.3, 0.4) is 0 Å². The maximum atomic E-state index is 11.7. The second kappa shape index (κ2) is 4.31. The van der Waals surface area contributed by atoms with Gasteiger partial charge >= 0.3 is 5.97 Å². The maximum absolute atomic E-state index is 11.7. The molecule has 2 saturated heterocycles. The summed E-state index contributed by atoms with van der Waals surface area (Å²) in [6, 6.07) is 9.07. The molecule has 4 heteroatoms.